The molecule has 2 aromatic carbocycles. The van der Waals surface area contributed by atoms with Gasteiger partial charge in [-0.05, 0) is 37.4 Å². The highest BCUT2D eigenvalue weighted by molar-refractivity contribution is 5.55. The summed E-state index contributed by atoms with van der Waals surface area (Å²) in [5.74, 6) is 1.65. The van der Waals surface area contributed by atoms with Gasteiger partial charge in [0.2, 0.25) is 0 Å². The standard InChI is InChI=1S/C22H24N4O2/c27-26(28)21-8-4-5-19(15-21)16-24-12-9-18(10-13-24)17-25-14-11-23-22(25)20-6-2-1-3-7-20/h1-8,11,14-15,18H,9-10,12-13,16-17H2. The molecule has 28 heavy (non-hydrogen) atoms. The number of benzene rings is 2. The fraction of sp³-hybridized carbons (Fsp3) is 0.318. The average Bonchev–Trinajstić information content (AvgIpc) is 3.18. The second kappa shape index (κ2) is 8.35. The van der Waals surface area contributed by atoms with E-state index in [1.54, 1.807) is 18.2 Å². The van der Waals surface area contributed by atoms with Crippen LogP contribution in [0.1, 0.15) is 18.4 Å². The monoisotopic (exact) mass is 376 g/mol. The SMILES string of the molecule is O=[N+]([O-])c1cccc(CN2CCC(Cn3ccnc3-c3ccccc3)CC2)c1. The van der Waals surface area contributed by atoms with Gasteiger partial charge in [-0.25, -0.2) is 4.98 Å². The van der Waals surface area contributed by atoms with Crippen molar-refractivity contribution >= 4 is 5.69 Å². The van der Waals surface area contributed by atoms with Gasteiger partial charge in [0.15, 0.2) is 0 Å². The van der Waals surface area contributed by atoms with Crippen molar-refractivity contribution < 1.29 is 4.92 Å². The predicted octanol–water partition coefficient (Wildman–Crippen LogP) is 4.37. The Morgan fingerprint density at radius 2 is 1.86 bits per heavy atom. The molecule has 1 aliphatic rings. The molecule has 3 aromatic rings. The zero-order valence-corrected chi connectivity index (χ0v) is 15.8. The van der Waals surface area contributed by atoms with Gasteiger partial charge in [0.25, 0.3) is 5.69 Å². The molecule has 6 heteroatoms. The van der Waals surface area contributed by atoms with Gasteiger partial charge in [0.1, 0.15) is 5.82 Å². The number of non-ortho nitro benzene ring substituents is 1. The summed E-state index contributed by atoms with van der Waals surface area (Å²) in [7, 11) is 0. The summed E-state index contributed by atoms with van der Waals surface area (Å²) in [4.78, 5) is 17.6. The van der Waals surface area contributed by atoms with Crippen LogP contribution >= 0.6 is 0 Å². The zero-order valence-electron chi connectivity index (χ0n) is 15.8. The smallest absolute Gasteiger partial charge is 0.269 e. The van der Waals surface area contributed by atoms with E-state index in [1.165, 1.54) is 0 Å². The van der Waals surface area contributed by atoms with Crippen molar-refractivity contribution in [2.75, 3.05) is 13.1 Å². The minimum absolute atomic E-state index is 0.168. The van der Waals surface area contributed by atoms with Crippen molar-refractivity contribution in [3.63, 3.8) is 0 Å². The van der Waals surface area contributed by atoms with Gasteiger partial charge < -0.3 is 4.57 Å². The van der Waals surface area contributed by atoms with Crippen molar-refractivity contribution in [3.8, 4) is 11.4 Å². The van der Waals surface area contributed by atoms with Crippen LogP contribution in [0.4, 0.5) is 5.69 Å². The van der Waals surface area contributed by atoms with Gasteiger partial charge in [0.05, 0.1) is 4.92 Å². The first-order valence-corrected chi connectivity index (χ1v) is 9.71. The molecule has 0 unspecified atom stereocenters. The number of nitro groups is 1. The Labute approximate surface area is 164 Å². The highest BCUT2D eigenvalue weighted by atomic mass is 16.6. The lowest BCUT2D eigenvalue weighted by Gasteiger charge is -2.32. The molecule has 144 valence electrons. The number of nitro benzene ring substituents is 1. The maximum Gasteiger partial charge on any atom is 0.269 e. The number of rotatable bonds is 6. The molecule has 0 aliphatic carbocycles. The molecular formula is C22H24N4O2. The molecular weight excluding hydrogens is 352 g/mol. The minimum atomic E-state index is -0.328. The van der Waals surface area contributed by atoms with Crippen LogP contribution in [0.15, 0.2) is 67.0 Å². The second-order valence-corrected chi connectivity index (χ2v) is 7.42. The lowest BCUT2D eigenvalue weighted by Crippen LogP contribution is -2.34. The summed E-state index contributed by atoms with van der Waals surface area (Å²) in [6, 6.07) is 17.3. The van der Waals surface area contributed by atoms with E-state index in [-0.39, 0.29) is 10.6 Å². The number of piperidine rings is 1. The third-order valence-corrected chi connectivity index (χ3v) is 5.44. The fourth-order valence-electron chi connectivity index (χ4n) is 3.94. The lowest BCUT2D eigenvalue weighted by atomic mass is 9.96. The second-order valence-electron chi connectivity index (χ2n) is 7.42. The molecule has 0 atom stereocenters. The van der Waals surface area contributed by atoms with Gasteiger partial charge in [0, 0.05) is 43.2 Å². The van der Waals surface area contributed by atoms with E-state index in [2.05, 4.69) is 32.8 Å². The van der Waals surface area contributed by atoms with Gasteiger partial charge in [-0.1, -0.05) is 42.5 Å². The number of hydrogen-bond acceptors (Lipinski definition) is 4. The summed E-state index contributed by atoms with van der Waals surface area (Å²) in [5, 5.41) is 11.0. The Kier molecular flexibility index (Phi) is 5.48. The van der Waals surface area contributed by atoms with Crippen LogP contribution in [0.5, 0.6) is 0 Å². The van der Waals surface area contributed by atoms with Crippen molar-refractivity contribution in [2.24, 2.45) is 5.92 Å². The molecule has 2 heterocycles. The van der Waals surface area contributed by atoms with Crippen LogP contribution < -0.4 is 0 Å². The van der Waals surface area contributed by atoms with Gasteiger partial charge in [-0.3, -0.25) is 15.0 Å². The van der Waals surface area contributed by atoms with E-state index in [9.17, 15) is 10.1 Å². The van der Waals surface area contributed by atoms with Crippen LogP contribution in [0.2, 0.25) is 0 Å². The van der Waals surface area contributed by atoms with Crippen molar-refractivity contribution in [1.29, 1.82) is 0 Å². The maximum absolute atomic E-state index is 11.0. The molecule has 1 aliphatic heterocycles. The minimum Gasteiger partial charge on any atom is -0.331 e. The van der Waals surface area contributed by atoms with Gasteiger partial charge >= 0.3 is 0 Å². The van der Waals surface area contributed by atoms with E-state index in [0.717, 1.165) is 56.0 Å². The predicted molar refractivity (Wildman–Crippen MR) is 109 cm³/mol. The summed E-state index contributed by atoms with van der Waals surface area (Å²) < 4.78 is 2.26. The van der Waals surface area contributed by atoms with Gasteiger partial charge in [-0.2, -0.15) is 0 Å². The molecule has 0 radical (unpaired) electrons. The molecule has 1 aromatic heterocycles. The number of nitrogens with zero attached hydrogens (tertiary/aromatic N) is 4. The fourth-order valence-corrected chi connectivity index (χ4v) is 3.94. The third-order valence-electron chi connectivity index (χ3n) is 5.44. The first kappa shape index (κ1) is 18.4. The van der Waals surface area contributed by atoms with Crippen molar-refractivity contribution in [1.82, 2.24) is 14.5 Å². The Morgan fingerprint density at radius 3 is 2.61 bits per heavy atom. The summed E-state index contributed by atoms with van der Waals surface area (Å²) >= 11 is 0. The highest BCUT2D eigenvalue weighted by Gasteiger charge is 2.21. The number of imidazole rings is 1. The molecule has 0 amide bonds. The van der Waals surface area contributed by atoms with E-state index in [4.69, 9.17) is 0 Å². The maximum atomic E-state index is 11.0. The molecule has 1 fully saturated rings. The topological polar surface area (TPSA) is 64.2 Å². The summed E-state index contributed by atoms with van der Waals surface area (Å²) in [6.07, 6.45) is 6.19. The van der Waals surface area contributed by atoms with Crippen LogP contribution in [-0.4, -0.2) is 32.5 Å². The average molecular weight is 376 g/mol. The van der Waals surface area contributed by atoms with Crippen LogP contribution in [-0.2, 0) is 13.1 Å². The normalized spacial score (nSPS) is 15.6. The molecule has 6 nitrogen and oxygen atoms in total. The van der Waals surface area contributed by atoms with Crippen LogP contribution in [0, 0.1) is 16.0 Å². The number of likely N-dealkylation sites (tertiary alicyclic amines) is 1. The highest BCUT2D eigenvalue weighted by Crippen LogP contribution is 2.24. The molecule has 0 N–H and O–H groups in total. The number of hydrogen-bond donors (Lipinski definition) is 0. The molecule has 4 rings (SSSR count). The molecule has 0 bridgehead atoms. The quantitative estimate of drug-likeness (QED) is 0.473. The largest absolute Gasteiger partial charge is 0.331 e. The Bertz CT molecular complexity index is 930. The van der Waals surface area contributed by atoms with Gasteiger partial charge in [-0.15, -0.1) is 0 Å². The van der Waals surface area contributed by atoms with E-state index >= 15 is 0 Å². The third kappa shape index (κ3) is 4.28. The molecule has 0 spiro atoms. The lowest BCUT2D eigenvalue weighted by molar-refractivity contribution is -0.384. The summed E-state index contributed by atoms with van der Waals surface area (Å²) in [5.41, 5.74) is 2.32. The molecule has 0 saturated carbocycles. The van der Waals surface area contributed by atoms with E-state index in [1.807, 2.05) is 30.5 Å². The first-order valence-electron chi connectivity index (χ1n) is 9.71. The van der Waals surface area contributed by atoms with Crippen molar-refractivity contribution in [2.45, 2.75) is 25.9 Å². The Balaban J connectivity index is 1.34. The van der Waals surface area contributed by atoms with Crippen LogP contribution in [0.25, 0.3) is 11.4 Å². The van der Waals surface area contributed by atoms with E-state index in [0.29, 0.717) is 5.92 Å². The summed E-state index contributed by atoms with van der Waals surface area (Å²) in [6.45, 7) is 3.79. The Hall–Kier alpha value is -2.99. The first-order chi connectivity index (χ1) is 13.7. The molecule has 1 saturated heterocycles. The number of aromatic nitrogens is 2. The van der Waals surface area contributed by atoms with Crippen molar-refractivity contribution in [3.05, 3.63) is 82.7 Å². The Morgan fingerprint density at radius 1 is 1.07 bits per heavy atom. The van der Waals surface area contributed by atoms with E-state index < -0.39 is 0 Å². The zero-order chi connectivity index (χ0) is 19.3. The van der Waals surface area contributed by atoms with Crippen LogP contribution in [0.3, 0.4) is 0 Å².